The van der Waals surface area contributed by atoms with Gasteiger partial charge in [0.05, 0.1) is 5.69 Å². The second kappa shape index (κ2) is 6.46. The molecule has 5 nitrogen and oxygen atoms in total. The van der Waals surface area contributed by atoms with Crippen molar-refractivity contribution in [1.29, 1.82) is 0 Å². The van der Waals surface area contributed by atoms with Gasteiger partial charge in [-0.05, 0) is 45.2 Å². The average molecular weight is 330 g/mol. The summed E-state index contributed by atoms with van der Waals surface area (Å²) in [5, 5.41) is 0. The van der Waals surface area contributed by atoms with E-state index in [2.05, 4.69) is 6.07 Å². The summed E-state index contributed by atoms with van der Waals surface area (Å²) in [6, 6.07) is 8.00. The summed E-state index contributed by atoms with van der Waals surface area (Å²) in [7, 11) is 0. The fourth-order valence-electron chi connectivity index (χ4n) is 3.48. The van der Waals surface area contributed by atoms with Crippen LogP contribution in [0.5, 0.6) is 0 Å². The van der Waals surface area contributed by atoms with Gasteiger partial charge in [-0.15, -0.1) is 0 Å². The first-order valence-electron chi connectivity index (χ1n) is 8.72. The van der Waals surface area contributed by atoms with Gasteiger partial charge in [-0.25, -0.2) is 4.79 Å². The molecule has 2 aliphatic rings. The van der Waals surface area contributed by atoms with Gasteiger partial charge in [0.1, 0.15) is 5.60 Å². The van der Waals surface area contributed by atoms with Gasteiger partial charge in [0.25, 0.3) is 0 Å². The number of likely N-dealkylation sites (tertiary alicyclic amines) is 1. The lowest BCUT2D eigenvalue weighted by Crippen LogP contribution is -2.36. The van der Waals surface area contributed by atoms with Crippen molar-refractivity contribution in [2.24, 2.45) is 0 Å². The van der Waals surface area contributed by atoms with E-state index in [1.807, 2.05) is 43.9 Å². The summed E-state index contributed by atoms with van der Waals surface area (Å²) in [4.78, 5) is 28.0. The van der Waals surface area contributed by atoms with Crippen molar-refractivity contribution < 1.29 is 14.3 Å². The molecule has 1 aromatic rings. The van der Waals surface area contributed by atoms with E-state index in [1.54, 1.807) is 4.90 Å². The number of ether oxygens (including phenoxy) is 1. The number of hydrogen-bond donors (Lipinski definition) is 0. The molecule has 1 saturated heterocycles. The minimum absolute atomic E-state index is 0.252. The van der Waals surface area contributed by atoms with Crippen molar-refractivity contribution in [1.82, 2.24) is 4.90 Å². The largest absolute Gasteiger partial charge is 0.443 e. The fraction of sp³-hybridized carbons (Fsp3) is 0.579. The molecule has 0 aliphatic carbocycles. The van der Waals surface area contributed by atoms with Crippen LogP contribution in [0, 0.1) is 0 Å². The van der Waals surface area contributed by atoms with Crippen LogP contribution in [0.4, 0.5) is 10.5 Å². The Morgan fingerprint density at radius 2 is 2.04 bits per heavy atom. The third-order valence-corrected chi connectivity index (χ3v) is 4.60. The first-order chi connectivity index (χ1) is 11.3. The van der Waals surface area contributed by atoms with Gasteiger partial charge in [-0.2, -0.15) is 0 Å². The zero-order valence-electron chi connectivity index (χ0n) is 14.7. The molecule has 3 rings (SSSR count). The first kappa shape index (κ1) is 16.8. The molecule has 0 radical (unpaired) electrons. The molecule has 0 spiro atoms. The standard InChI is InChI=1S/C19H26N2O3/c1-19(2,3)24-18(23)21-13-14(15-7-4-5-8-16(15)21)10-12-20-11-6-9-17(20)22/h4-5,7-8,14H,6,9-13H2,1-3H3. The van der Waals surface area contributed by atoms with E-state index in [1.165, 1.54) is 5.56 Å². The molecule has 0 N–H and O–H groups in total. The maximum absolute atomic E-state index is 12.5. The maximum atomic E-state index is 12.5. The van der Waals surface area contributed by atoms with Gasteiger partial charge in [0.2, 0.25) is 5.91 Å². The molecule has 2 amide bonds. The van der Waals surface area contributed by atoms with Crippen LogP contribution in [0.2, 0.25) is 0 Å². The van der Waals surface area contributed by atoms with Crippen LogP contribution < -0.4 is 4.90 Å². The van der Waals surface area contributed by atoms with Crippen molar-refractivity contribution in [3.05, 3.63) is 29.8 Å². The summed E-state index contributed by atoms with van der Waals surface area (Å²) in [5.41, 5.74) is 1.60. The fourth-order valence-corrected chi connectivity index (χ4v) is 3.48. The third-order valence-electron chi connectivity index (χ3n) is 4.60. The van der Waals surface area contributed by atoms with E-state index in [0.717, 1.165) is 31.6 Å². The van der Waals surface area contributed by atoms with Crippen LogP contribution >= 0.6 is 0 Å². The lowest BCUT2D eigenvalue weighted by molar-refractivity contribution is -0.127. The molecule has 1 unspecified atom stereocenters. The van der Waals surface area contributed by atoms with Crippen molar-refractivity contribution in [2.45, 2.75) is 51.6 Å². The number of anilines is 1. The van der Waals surface area contributed by atoms with Crippen LogP contribution in [0.1, 0.15) is 51.5 Å². The molecule has 1 atom stereocenters. The topological polar surface area (TPSA) is 49.9 Å². The van der Waals surface area contributed by atoms with E-state index >= 15 is 0 Å². The van der Waals surface area contributed by atoms with Crippen LogP contribution in [0.25, 0.3) is 0 Å². The smallest absolute Gasteiger partial charge is 0.414 e. The summed E-state index contributed by atoms with van der Waals surface area (Å²) >= 11 is 0. The Labute approximate surface area is 143 Å². The molecular weight excluding hydrogens is 304 g/mol. The van der Waals surface area contributed by atoms with E-state index in [-0.39, 0.29) is 17.9 Å². The van der Waals surface area contributed by atoms with Gasteiger partial charge in [0, 0.05) is 32.0 Å². The Morgan fingerprint density at radius 3 is 2.71 bits per heavy atom. The molecule has 0 aromatic heterocycles. The van der Waals surface area contributed by atoms with Crippen LogP contribution in [-0.4, -0.2) is 42.1 Å². The molecule has 2 heterocycles. The monoisotopic (exact) mass is 330 g/mol. The van der Waals surface area contributed by atoms with Gasteiger partial charge >= 0.3 is 6.09 Å². The normalized spacial score (nSPS) is 20.5. The predicted octanol–water partition coefficient (Wildman–Crippen LogP) is 3.54. The van der Waals surface area contributed by atoms with Gasteiger partial charge in [-0.3, -0.25) is 9.69 Å². The summed E-state index contributed by atoms with van der Waals surface area (Å²) in [5.74, 6) is 0.507. The van der Waals surface area contributed by atoms with Crippen LogP contribution in [-0.2, 0) is 9.53 Å². The number of carbonyl (C=O) groups is 2. The highest BCUT2D eigenvalue weighted by atomic mass is 16.6. The van der Waals surface area contributed by atoms with E-state index in [4.69, 9.17) is 4.74 Å². The zero-order chi connectivity index (χ0) is 17.3. The maximum Gasteiger partial charge on any atom is 0.414 e. The second-order valence-corrected chi connectivity index (χ2v) is 7.62. The highest BCUT2D eigenvalue weighted by Gasteiger charge is 2.35. The Morgan fingerprint density at radius 1 is 1.29 bits per heavy atom. The summed E-state index contributed by atoms with van der Waals surface area (Å²) in [6.07, 6.45) is 2.21. The zero-order valence-corrected chi connectivity index (χ0v) is 14.7. The summed E-state index contributed by atoms with van der Waals surface area (Å²) in [6.45, 7) is 7.88. The van der Waals surface area contributed by atoms with Gasteiger partial charge in [-0.1, -0.05) is 18.2 Å². The molecule has 5 heteroatoms. The molecule has 24 heavy (non-hydrogen) atoms. The molecule has 0 bridgehead atoms. The van der Waals surface area contributed by atoms with Crippen molar-refractivity contribution >= 4 is 17.7 Å². The number of carbonyl (C=O) groups excluding carboxylic acids is 2. The SMILES string of the molecule is CC(C)(C)OC(=O)N1CC(CCN2CCCC2=O)c2ccccc21. The molecule has 0 saturated carbocycles. The van der Waals surface area contributed by atoms with Crippen molar-refractivity contribution in [3.63, 3.8) is 0 Å². The Hall–Kier alpha value is -2.04. The minimum Gasteiger partial charge on any atom is -0.443 e. The van der Waals surface area contributed by atoms with Crippen molar-refractivity contribution in [3.8, 4) is 0 Å². The Balaban J connectivity index is 1.71. The number of rotatable bonds is 3. The van der Waals surface area contributed by atoms with Crippen LogP contribution in [0.3, 0.4) is 0 Å². The number of nitrogens with zero attached hydrogens (tertiary/aromatic N) is 2. The highest BCUT2D eigenvalue weighted by molar-refractivity contribution is 5.91. The predicted molar refractivity (Wildman–Crippen MR) is 93.2 cm³/mol. The van der Waals surface area contributed by atoms with E-state index in [9.17, 15) is 9.59 Å². The Kier molecular flexibility index (Phi) is 4.52. The minimum atomic E-state index is -0.508. The summed E-state index contributed by atoms with van der Waals surface area (Å²) < 4.78 is 5.54. The first-order valence-corrected chi connectivity index (χ1v) is 8.72. The number of amides is 2. The molecule has 130 valence electrons. The van der Waals surface area contributed by atoms with E-state index in [0.29, 0.717) is 13.0 Å². The molecule has 2 aliphatic heterocycles. The highest BCUT2D eigenvalue weighted by Crippen LogP contribution is 2.38. The average Bonchev–Trinajstić information content (AvgIpc) is 3.07. The molecule has 1 aromatic carbocycles. The number of hydrogen-bond acceptors (Lipinski definition) is 3. The Bertz CT molecular complexity index is 636. The number of benzene rings is 1. The van der Waals surface area contributed by atoms with Crippen LogP contribution in [0.15, 0.2) is 24.3 Å². The van der Waals surface area contributed by atoms with E-state index < -0.39 is 5.60 Å². The number of fused-ring (bicyclic) bond motifs is 1. The lowest BCUT2D eigenvalue weighted by atomic mass is 9.98. The third kappa shape index (κ3) is 3.55. The lowest BCUT2D eigenvalue weighted by Gasteiger charge is -2.25. The van der Waals surface area contributed by atoms with Gasteiger partial charge < -0.3 is 9.64 Å². The van der Waals surface area contributed by atoms with Gasteiger partial charge in [0.15, 0.2) is 0 Å². The second-order valence-electron chi connectivity index (χ2n) is 7.62. The molecular formula is C19H26N2O3. The van der Waals surface area contributed by atoms with Crippen molar-refractivity contribution in [2.75, 3.05) is 24.5 Å². The quantitative estimate of drug-likeness (QED) is 0.852. The molecule has 1 fully saturated rings. The number of para-hydroxylation sites is 1.